The summed E-state index contributed by atoms with van der Waals surface area (Å²) in [5.74, 6) is -4.23. The van der Waals surface area contributed by atoms with Crippen LogP contribution in [-0.2, 0) is 35.0 Å². The third kappa shape index (κ3) is 6.70. The summed E-state index contributed by atoms with van der Waals surface area (Å²) < 4.78 is 81.1. The molecule has 3 aromatic carbocycles. The van der Waals surface area contributed by atoms with E-state index in [9.17, 15) is 13.2 Å². The van der Waals surface area contributed by atoms with Gasteiger partial charge in [-0.15, -0.1) is 5.10 Å². The largest absolute Gasteiger partial charge is 0.379 e. The lowest BCUT2D eigenvalue weighted by atomic mass is 9.87. The highest BCUT2D eigenvalue weighted by Gasteiger charge is 2.54. The van der Waals surface area contributed by atoms with E-state index in [0.29, 0.717) is 5.02 Å². The van der Waals surface area contributed by atoms with Gasteiger partial charge >= 0.3 is 0 Å². The molecule has 3 unspecified atom stereocenters. The molecule has 9 nitrogen and oxygen atoms in total. The van der Waals surface area contributed by atoms with Crippen molar-refractivity contribution in [2.45, 2.75) is 62.5 Å². The number of rotatable bonds is 10. The number of fused-ring (bicyclic) bond motifs is 1. The fourth-order valence-corrected chi connectivity index (χ4v) is 6.04. The lowest BCUT2D eigenvalue weighted by Gasteiger charge is -2.51. The first kappa shape index (κ1) is 32.6. The van der Waals surface area contributed by atoms with Gasteiger partial charge in [-0.3, -0.25) is 0 Å². The van der Waals surface area contributed by atoms with Crippen LogP contribution in [0.5, 0.6) is 0 Å². The highest BCUT2D eigenvalue weighted by molar-refractivity contribution is 6.30. The first-order valence-electron chi connectivity index (χ1n) is 14.7. The van der Waals surface area contributed by atoms with Crippen LogP contribution < -0.4 is 0 Å². The van der Waals surface area contributed by atoms with Crippen molar-refractivity contribution in [1.29, 1.82) is 0 Å². The maximum Gasteiger partial charge on any atom is 0.194 e. The zero-order chi connectivity index (χ0) is 32.4. The third-order valence-corrected chi connectivity index (χ3v) is 8.59. The van der Waals surface area contributed by atoms with E-state index in [4.69, 9.17) is 40.0 Å². The standard InChI is InChI=1S/C33H33ClF3N3O6/c1-18(41-2)29(43-16-19-9-11-22(34)12-10-19)32-31(42-3)28(30-26(45-32)17-44-33(46-30)20-7-5-4-6-8-20)40-15-25(38-39-40)21-13-23(35)27(37)24(36)14-21/h4-15,18,26,28-33H,16-17H2,1-3H3/t18-,26?,28+,29-,30+,31?,32+,33?/m1/s1. The van der Waals surface area contributed by atoms with Crippen molar-refractivity contribution in [3.05, 3.63) is 107 Å². The molecular formula is C33H33ClF3N3O6. The maximum atomic E-state index is 14.1. The van der Waals surface area contributed by atoms with Crippen LogP contribution in [0.4, 0.5) is 13.2 Å². The van der Waals surface area contributed by atoms with Gasteiger partial charge in [0.05, 0.1) is 25.5 Å². The molecule has 0 amide bonds. The van der Waals surface area contributed by atoms with E-state index < -0.39 is 66.4 Å². The molecule has 0 spiro atoms. The summed E-state index contributed by atoms with van der Waals surface area (Å²) in [5, 5.41) is 9.11. The first-order chi connectivity index (χ1) is 22.3. The number of aromatic nitrogens is 3. The van der Waals surface area contributed by atoms with Crippen molar-refractivity contribution in [1.82, 2.24) is 15.0 Å². The molecule has 1 aromatic heterocycles. The summed E-state index contributed by atoms with van der Waals surface area (Å²) in [6.45, 7) is 2.28. The van der Waals surface area contributed by atoms with Crippen LogP contribution in [0, 0.1) is 17.5 Å². The van der Waals surface area contributed by atoms with Crippen molar-refractivity contribution in [3.63, 3.8) is 0 Å². The molecule has 6 rings (SSSR count). The van der Waals surface area contributed by atoms with Crippen LogP contribution in [0.15, 0.2) is 72.9 Å². The summed E-state index contributed by atoms with van der Waals surface area (Å²) in [6.07, 6.45) is -2.98. The Bertz CT molecular complexity index is 1590. The van der Waals surface area contributed by atoms with Gasteiger partial charge in [-0.1, -0.05) is 59.3 Å². The molecular weight excluding hydrogens is 627 g/mol. The van der Waals surface area contributed by atoms with Crippen LogP contribution >= 0.6 is 11.6 Å². The Morgan fingerprint density at radius 2 is 1.72 bits per heavy atom. The summed E-state index contributed by atoms with van der Waals surface area (Å²) in [6, 6.07) is 17.8. The summed E-state index contributed by atoms with van der Waals surface area (Å²) in [4.78, 5) is 0. The Hall–Kier alpha value is -3.36. The zero-order valence-corrected chi connectivity index (χ0v) is 26.0. The van der Waals surface area contributed by atoms with Gasteiger partial charge in [0.15, 0.2) is 23.7 Å². The summed E-state index contributed by atoms with van der Waals surface area (Å²) in [5.41, 5.74) is 1.85. The van der Waals surface area contributed by atoms with Gasteiger partial charge in [-0.25, -0.2) is 17.9 Å². The smallest absolute Gasteiger partial charge is 0.194 e. The molecule has 2 aliphatic rings. The minimum atomic E-state index is -1.56. The lowest BCUT2D eigenvalue weighted by molar-refractivity contribution is -0.331. The van der Waals surface area contributed by atoms with Crippen LogP contribution in [0.1, 0.15) is 30.4 Å². The average Bonchev–Trinajstić information content (AvgIpc) is 3.57. The van der Waals surface area contributed by atoms with Gasteiger partial charge in [-0.2, -0.15) is 0 Å². The van der Waals surface area contributed by atoms with Gasteiger partial charge in [0.2, 0.25) is 0 Å². The number of hydrogen-bond acceptors (Lipinski definition) is 8. The van der Waals surface area contributed by atoms with Gasteiger partial charge < -0.3 is 28.4 Å². The molecule has 0 aliphatic carbocycles. The first-order valence-corrected chi connectivity index (χ1v) is 15.1. The number of nitrogens with zero attached hydrogens (tertiary/aromatic N) is 3. The van der Waals surface area contributed by atoms with Crippen LogP contribution in [0.2, 0.25) is 5.02 Å². The lowest BCUT2D eigenvalue weighted by Crippen LogP contribution is -2.63. The molecule has 0 bridgehead atoms. The van der Waals surface area contributed by atoms with Crippen LogP contribution in [-0.4, -0.2) is 72.4 Å². The van der Waals surface area contributed by atoms with E-state index in [-0.39, 0.29) is 24.5 Å². The normalized spacial score (nSPS) is 26.0. The van der Waals surface area contributed by atoms with E-state index in [1.54, 1.807) is 26.4 Å². The Balaban J connectivity index is 1.36. The van der Waals surface area contributed by atoms with E-state index in [1.165, 1.54) is 10.9 Å². The molecule has 3 heterocycles. The van der Waals surface area contributed by atoms with Crippen molar-refractivity contribution < 1.29 is 41.6 Å². The number of halogens is 4. The third-order valence-electron chi connectivity index (χ3n) is 8.34. The molecule has 8 atom stereocenters. The quantitative estimate of drug-likeness (QED) is 0.190. The predicted octanol–water partition coefficient (Wildman–Crippen LogP) is 6.07. The molecule has 0 radical (unpaired) electrons. The van der Waals surface area contributed by atoms with E-state index in [2.05, 4.69) is 10.3 Å². The molecule has 0 saturated carbocycles. The second-order valence-corrected chi connectivity index (χ2v) is 11.6. The fourth-order valence-electron chi connectivity index (χ4n) is 5.91. The van der Waals surface area contributed by atoms with Crippen LogP contribution in [0.3, 0.4) is 0 Å². The minimum Gasteiger partial charge on any atom is -0.379 e. The Kier molecular flexibility index (Phi) is 10.0. The number of methoxy groups -OCH3 is 2. The molecule has 2 saturated heterocycles. The SMILES string of the molecule is COC1[C@H]([C@H](OCc2ccc(Cl)cc2)[C@@H](C)OC)OC2COC(c3ccccc3)O[C@@H]2[C@@H]1n1cc(-c2cc(F)c(F)c(F)c2)nn1. The Labute approximate surface area is 269 Å². The highest BCUT2D eigenvalue weighted by Crippen LogP contribution is 2.42. The predicted molar refractivity (Wildman–Crippen MR) is 160 cm³/mol. The van der Waals surface area contributed by atoms with Gasteiger partial charge in [-0.05, 0) is 36.8 Å². The van der Waals surface area contributed by atoms with E-state index >= 15 is 0 Å². The molecule has 244 valence electrons. The molecule has 4 aromatic rings. The summed E-state index contributed by atoms with van der Waals surface area (Å²) in [7, 11) is 3.12. The van der Waals surface area contributed by atoms with E-state index in [1.807, 2.05) is 49.4 Å². The van der Waals surface area contributed by atoms with Gasteiger partial charge in [0.1, 0.15) is 42.3 Å². The molecule has 2 aliphatic heterocycles. The Morgan fingerprint density at radius 3 is 2.39 bits per heavy atom. The Morgan fingerprint density at radius 1 is 1.00 bits per heavy atom. The number of benzene rings is 3. The van der Waals surface area contributed by atoms with Crippen molar-refractivity contribution in [3.8, 4) is 11.3 Å². The molecule has 13 heteroatoms. The van der Waals surface area contributed by atoms with Crippen LogP contribution in [0.25, 0.3) is 11.3 Å². The van der Waals surface area contributed by atoms with E-state index in [0.717, 1.165) is 23.3 Å². The maximum absolute atomic E-state index is 14.1. The monoisotopic (exact) mass is 659 g/mol. The molecule has 2 fully saturated rings. The molecule has 46 heavy (non-hydrogen) atoms. The number of hydrogen-bond donors (Lipinski definition) is 0. The van der Waals surface area contributed by atoms with Crippen molar-refractivity contribution in [2.24, 2.45) is 0 Å². The van der Waals surface area contributed by atoms with Gasteiger partial charge in [0.25, 0.3) is 0 Å². The highest BCUT2D eigenvalue weighted by atomic mass is 35.5. The van der Waals surface area contributed by atoms with Crippen molar-refractivity contribution >= 4 is 11.6 Å². The van der Waals surface area contributed by atoms with Gasteiger partial charge in [0, 0.05) is 30.4 Å². The van der Waals surface area contributed by atoms with Crippen molar-refractivity contribution in [2.75, 3.05) is 20.8 Å². The zero-order valence-electron chi connectivity index (χ0n) is 25.3. The second kappa shape index (κ2) is 14.2. The second-order valence-electron chi connectivity index (χ2n) is 11.2. The average molecular weight is 660 g/mol. The number of ether oxygens (including phenoxy) is 6. The molecule has 0 N–H and O–H groups in total. The topological polar surface area (TPSA) is 86.1 Å². The summed E-state index contributed by atoms with van der Waals surface area (Å²) >= 11 is 6.07. The fraction of sp³-hybridized carbons (Fsp3) is 0.394. The minimum absolute atomic E-state index is 0.0176.